The van der Waals surface area contributed by atoms with Crippen LogP contribution in [-0.2, 0) is 11.2 Å². The Labute approximate surface area is 181 Å². The lowest BCUT2D eigenvalue weighted by Crippen LogP contribution is -2.29. The maximum atomic E-state index is 13.7. The number of aromatic nitrogens is 2. The van der Waals surface area contributed by atoms with Gasteiger partial charge in [-0.2, -0.15) is 5.10 Å². The van der Waals surface area contributed by atoms with E-state index in [-0.39, 0.29) is 18.1 Å². The van der Waals surface area contributed by atoms with E-state index >= 15 is 0 Å². The van der Waals surface area contributed by atoms with Crippen molar-refractivity contribution in [2.45, 2.75) is 32.6 Å². The highest BCUT2D eigenvalue weighted by Crippen LogP contribution is 2.41. The molecule has 0 fully saturated rings. The number of nitrogens with zero attached hydrogens (tertiary/aromatic N) is 2. The quantitative estimate of drug-likeness (QED) is 0.609. The second-order valence-electron chi connectivity index (χ2n) is 7.49. The number of rotatable bonds is 6. The summed E-state index contributed by atoms with van der Waals surface area (Å²) in [5.41, 5.74) is 3.75. The summed E-state index contributed by atoms with van der Waals surface area (Å²) in [6, 6.07) is 13.2. The van der Waals surface area contributed by atoms with Crippen LogP contribution < -0.4 is 14.8 Å². The van der Waals surface area contributed by atoms with E-state index in [1.165, 1.54) is 14.2 Å². The van der Waals surface area contributed by atoms with E-state index in [4.69, 9.17) is 9.47 Å². The molecule has 2 heterocycles. The lowest BCUT2D eigenvalue weighted by Gasteiger charge is -2.24. The number of hydrogen-bond acceptors (Lipinski definition) is 5. The van der Waals surface area contributed by atoms with Gasteiger partial charge in [-0.05, 0) is 43.2 Å². The van der Waals surface area contributed by atoms with Crippen LogP contribution in [0.5, 0.6) is 11.5 Å². The fourth-order valence-electron chi connectivity index (χ4n) is 4.13. The molecule has 0 spiro atoms. The Hall–Kier alpha value is -3.61. The molecule has 1 atom stereocenters. The van der Waals surface area contributed by atoms with Crippen LogP contribution in [0, 0.1) is 6.92 Å². The molecule has 0 unspecified atom stereocenters. The highest BCUT2D eigenvalue weighted by molar-refractivity contribution is 6.10. The predicted octanol–water partition coefficient (Wildman–Crippen LogP) is 4.07. The Balaban J connectivity index is 1.85. The van der Waals surface area contributed by atoms with Gasteiger partial charge in [-0.15, -0.1) is 0 Å². The highest BCUT2D eigenvalue weighted by Gasteiger charge is 2.38. The van der Waals surface area contributed by atoms with Crippen molar-refractivity contribution in [2.24, 2.45) is 0 Å². The maximum absolute atomic E-state index is 13.7. The third kappa shape index (κ3) is 3.56. The topological polar surface area (TPSA) is 82.5 Å². The minimum absolute atomic E-state index is 0.0363. The van der Waals surface area contributed by atoms with Gasteiger partial charge in [0.15, 0.2) is 5.78 Å². The average molecular weight is 419 g/mol. The Morgan fingerprint density at radius 3 is 2.48 bits per heavy atom. The van der Waals surface area contributed by atoms with Crippen LogP contribution in [0.2, 0.25) is 0 Å². The maximum Gasteiger partial charge on any atom is 0.226 e. The van der Waals surface area contributed by atoms with Crippen molar-refractivity contribution in [3.63, 3.8) is 0 Å². The normalized spacial score (nSPS) is 15.2. The lowest BCUT2D eigenvalue weighted by atomic mass is 9.85. The van der Waals surface area contributed by atoms with Gasteiger partial charge in [-0.3, -0.25) is 9.59 Å². The molecule has 2 aromatic carbocycles. The molecule has 0 saturated carbocycles. The van der Waals surface area contributed by atoms with Crippen molar-refractivity contribution in [3.05, 3.63) is 64.8 Å². The number of nitrogens with one attached hydrogen (secondary N) is 1. The smallest absolute Gasteiger partial charge is 0.226 e. The largest absolute Gasteiger partial charge is 0.496 e. The Bertz CT molecular complexity index is 1140. The fraction of sp³-hybridized carbons (Fsp3) is 0.292. The van der Waals surface area contributed by atoms with E-state index in [1.807, 2.05) is 31.2 Å². The number of ketones is 1. The standard InChI is InChI=1S/C24H25N3O4/c1-5-15-8-6-9-16(12-15)27-24-21(14(2)26-27)17(13-20(28)25-24)23(29)22-18(30-3)10-7-11-19(22)31-4/h6-12,17H,5,13H2,1-4H3,(H,25,28)/t17-/m0/s1. The van der Waals surface area contributed by atoms with Crippen LogP contribution in [0.1, 0.15) is 46.4 Å². The van der Waals surface area contributed by atoms with E-state index in [0.717, 1.165) is 23.2 Å². The van der Waals surface area contributed by atoms with E-state index in [2.05, 4.69) is 17.3 Å². The van der Waals surface area contributed by atoms with Crippen molar-refractivity contribution >= 4 is 17.5 Å². The van der Waals surface area contributed by atoms with Crippen LogP contribution in [0.4, 0.5) is 5.82 Å². The SMILES string of the molecule is CCc1cccc(-n2nc(C)c3c2NC(=O)C[C@@H]3C(=O)c2c(OC)cccc2OC)c1. The second kappa shape index (κ2) is 8.26. The number of aryl methyl sites for hydroxylation is 2. The summed E-state index contributed by atoms with van der Waals surface area (Å²) in [4.78, 5) is 26.3. The van der Waals surface area contributed by atoms with Crippen molar-refractivity contribution in [1.82, 2.24) is 9.78 Å². The van der Waals surface area contributed by atoms with Crippen LogP contribution in [0.25, 0.3) is 5.69 Å². The average Bonchev–Trinajstić information content (AvgIpc) is 3.13. The summed E-state index contributed by atoms with van der Waals surface area (Å²) >= 11 is 0. The minimum Gasteiger partial charge on any atom is -0.496 e. The Kier molecular flexibility index (Phi) is 5.50. The number of anilines is 1. The zero-order valence-corrected chi connectivity index (χ0v) is 18.1. The number of methoxy groups -OCH3 is 2. The van der Waals surface area contributed by atoms with Gasteiger partial charge in [0.05, 0.1) is 31.5 Å². The van der Waals surface area contributed by atoms with Crippen molar-refractivity contribution < 1.29 is 19.1 Å². The molecular weight excluding hydrogens is 394 g/mol. The van der Waals surface area contributed by atoms with Gasteiger partial charge in [0.1, 0.15) is 22.9 Å². The van der Waals surface area contributed by atoms with Gasteiger partial charge in [-0.25, -0.2) is 4.68 Å². The first-order valence-corrected chi connectivity index (χ1v) is 10.2. The van der Waals surface area contributed by atoms with Gasteiger partial charge in [-0.1, -0.05) is 25.1 Å². The molecular formula is C24H25N3O4. The van der Waals surface area contributed by atoms with Crippen LogP contribution >= 0.6 is 0 Å². The molecule has 31 heavy (non-hydrogen) atoms. The molecule has 1 N–H and O–H groups in total. The Morgan fingerprint density at radius 1 is 1.16 bits per heavy atom. The first-order valence-electron chi connectivity index (χ1n) is 10.2. The minimum atomic E-state index is -0.683. The molecule has 1 aliphatic heterocycles. The number of Topliss-reactive ketones (excluding diaryl/α,β-unsaturated/α-hetero) is 1. The third-order valence-corrected chi connectivity index (χ3v) is 5.66. The van der Waals surface area contributed by atoms with Crippen molar-refractivity contribution in [2.75, 3.05) is 19.5 Å². The summed E-state index contributed by atoms with van der Waals surface area (Å²) in [7, 11) is 3.02. The fourth-order valence-corrected chi connectivity index (χ4v) is 4.13. The molecule has 7 nitrogen and oxygen atoms in total. The van der Waals surface area contributed by atoms with Crippen molar-refractivity contribution in [1.29, 1.82) is 0 Å². The van der Waals surface area contributed by atoms with Gasteiger partial charge >= 0.3 is 0 Å². The second-order valence-corrected chi connectivity index (χ2v) is 7.49. The van der Waals surface area contributed by atoms with Crippen molar-refractivity contribution in [3.8, 4) is 17.2 Å². The van der Waals surface area contributed by atoms with E-state index in [0.29, 0.717) is 28.6 Å². The van der Waals surface area contributed by atoms with Gasteiger partial charge < -0.3 is 14.8 Å². The molecule has 7 heteroatoms. The molecule has 1 aromatic heterocycles. The number of carbonyl (C=O) groups excluding carboxylic acids is 2. The lowest BCUT2D eigenvalue weighted by molar-refractivity contribution is -0.116. The summed E-state index contributed by atoms with van der Waals surface area (Å²) in [6.45, 7) is 3.94. The molecule has 0 aliphatic carbocycles. The number of amides is 1. The van der Waals surface area contributed by atoms with Gasteiger partial charge in [0, 0.05) is 12.0 Å². The molecule has 1 aliphatic rings. The monoisotopic (exact) mass is 419 g/mol. The highest BCUT2D eigenvalue weighted by atomic mass is 16.5. The zero-order valence-electron chi connectivity index (χ0n) is 18.1. The summed E-state index contributed by atoms with van der Waals surface area (Å²) in [6.07, 6.45) is 0.923. The van der Waals surface area contributed by atoms with Crippen LogP contribution in [0.15, 0.2) is 42.5 Å². The first-order chi connectivity index (χ1) is 15.0. The first kappa shape index (κ1) is 20.7. The summed E-state index contributed by atoms with van der Waals surface area (Å²) in [5.74, 6) is 0.226. The van der Waals surface area contributed by atoms with Crippen LogP contribution in [-0.4, -0.2) is 35.7 Å². The molecule has 3 aromatic rings. The predicted molar refractivity (Wildman–Crippen MR) is 118 cm³/mol. The van der Waals surface area contributed by atoms with E-state index in [9.17, 15) is 9.59 Å². The Morgan fingerprint density at radius 2 is 1.84 bits per heavy atom. The van der Waals surface area contributed by atoms with E-state index in [1.54, 1.807) is 22.9 Å². The molecule has 0 radical (unpaired) electrons. The number of carbonyl (C=O) groups is 2. The van der Waals surface area contributed by atoms with Crippen LogP contribution in [0.3, 0.4) is 0 Å². The zero-order chi connectivity index (χ0) is 22.1. The molecule has 0 saturated heterocycles. The van der Waals surface area contributed by atoms with Gasteiger partial charge in [0.25, 0.3) is 0 Å². The summed E-state index contributed by atoms with van der Waals surface area (Å²) in [5, 5.41) is 7.60. The van der Waals surface area contributed by atoms with Gasteiger partial charge in [0.2, 0.25) is 5.91 Å². The number of fused-ring (bicyclic) bond motifs is 1. The summed E-state index contributed by atoms with van der Waals surface area (Å²) < 4.78 is 12.6. The number of hydrogen-bond donors (Lipinski definition) is 1. The molecule has 1 amide bonds. The molecule has 160 valence electrons. The molecule has 4 rings (SSSR count). The third-order valence-electron chi connectivity index (χ3n) is 5.66. The van der Waals surface area contributed by atoms with E-state index < -0.39 is 5.92 Å². The molecule has 0 bridgehead atoms. The number of benzene rings is 2. The number of ether oxygens (including phenoxy) is 2.